The Bertz CT molecular complexity index is 822. The minimum atomic E-state index is -0.511. The molecule has 0 bridgehead atoms. The van der Waals surface area contributed by atoms with Crippen LogP contribution in [0.2, 0.25) is 5.02 Å². The van der Waals surface area contributed by atoms with Gasteiger partial charge in [-0.3, -0.25) is 14.9 Å². The van der Waals surface area contributed by atoms with Gasteiger partial charge in [-0.2, -0.15) is 0 Å². The van der Waals surface area contributed by atoms with Gasteiger partial charge in [0.05, 0.1) is 16.5 Å². The molecule has 0 atom stereocenters. The van der Waals surface area contributed by atoms with Gasteiger partial charge in [0.15, 0.2) is 0 Å². The number of nitrogens with zero attached hydrogens (tertiary/aromatic N) is 1. The largest absolute Gasteiger partial charge is 0.341 e. The highest BCUT2D eigenvalue weighted by Crippen LogP contribution is 2.20. The topological polar surface area (TPSA) is 72.2 Å². The highest BCUT2D eigenvalue weighted by Gasteiger charge is 2.17. The van der Waals surface area contributed by atoms with Crippen LogP contribution in [0, 0.1) is 28.9 Å². The fraction of sp³-hybridized carbons (Fsp3) is 0.118. The molecule has 0 fully saturated rings. The molecule has 2 aromatic carbocycles. The lowest BCUT2D eigenvalue weighted by Crippen LogP contribution is -2.24. The number of rotatable bonds is 3. The molecule has 1 amide bonds. The first kappa shape index (κ1) is 16.5. The summed E-state index contributed by atoms with van der Waals surface area (Å²) in [7, 11) is 0. The van der Waals surface area contributed by atoms with E-state index in [-0.39, 0.29) is 17.8 Å². The van der Waals surface area contributed by atoms with Crippen molar-refractivity contribution in [2.24, 2.45) is 0 Å². The lowest BCUT2D eigenvalue weighted by Gasteiger charge is -2.05. The van der Waals surface area contributed by atoms with E-state index in [1.54, 1.807) is 31.2 Å². The summed E-state index contributed by atoms with van der Waals surface area (Å²) >= 11 is 5.98. The third-order valence-corrected chi connectivity index (χ3v) is 3.51. The molecule has 0 aliphatic rings. The first-order chi connectivity index (χ1) is 11.0. The number of benzene rings is 2. The predicted molar refractivity (Wildman–Crippen MR) is 88.5 cm³/mol. The van der Waals surface area contributed by atoms with Gasteiger partial charge in [-0.1, -0.05) is 41.6 Å². The van der Waals surface area contributed by atoms with Gasteiger partial charge >= 0.3 is 0 Å². The number of hydrogen-bond donors (Lipinski definition) is 1. The second kappa shape index (κ2) is 7.43. The summed E-state index contributed by atoms with van der Waals surface area (Å²) in [5.41, 5.74) is 1.18. The van der Waals surface area contributed by atoms with Crippen LogP contribution in [-0.4, -0.2) is 17.4 Å². The number of nitro benzene ring substituents is 1. The molecule has 0 unspecified atom stereocenters. The SMILES string of the molecule is Cc1c(C(=O)NCC#Cc2ccccc2Cl)cccc1[N+](=O)[O-]. The molecule has 0 heterocycles. The highest BCUT2D eigenvalue weighted by molar-refractivity contribution is 6.31. The normalized spacial score (nSPS) is 9.65. The molecule has 5 nitrogen and oxygen atoms in total. The van der Waals surface area contributed by atoms with E-state index >= 15 is 0 Å². The van der Waals surface area contributed by atoms with Gasteiger partial charge in [-0.25, -0.2) is 0 Å². The molecule has 2 aromatic rings. The van der Waals surface area contributed by atoms with Crippen LogP contribution in [0.1, 0.15) is 21.5 Å². The third kappa shape index (κ3) is 4.09. The van der Waals surface area contributed by atoms with Crippen molar-refractivity contribution in [2.75, 3.05) is 6.54 Å². The smallest absolute Gasteiger partial charge is 0.273 e. The number of halogens is 1. The lowest BCUT2D eigenvalue weighted by molar-refractivity contribution is -0.385. The van der Waals surface area contributed by atoms with Crippen molar-refractivity contribution in [1.29, 1.82) is 0 Å². The van der Waals surface area contributed by atoms with E-state index in [0.29, 0.717) is 16.1 Å². The molecular weight excluding hydrogens is 316 g/mol. The van der Waals surface area contributed by atoms with Crippen LogP contribution in [0.5, 0.6) is 0 Å². The second-order valence-electron chi connectivity index (χ2n) is 4.67. The minimum Gasteiger partial charge on any atom is -0.341 e. The van der Waals surface area contributed by atoms with Gasteiger partial charge in [-0.05, 0) is 25.1 Å². The molecule has 0 aliphatic heterocycles. The molecule has 116 valence electrons. The molecule has 0 aromatic heterocycles. The summed E-state index contributed by atoms with van der Waals surface area (Å²) < 4.78 is 0. The van der Waals surface area contributed by atoms with E-state index in [9.17, 15) is 14.9 Å². The molecule has 0 radical (unpaired) electrons. The maximum Gasteiger partial charge on any atom is 0.273 e. The van der Waals surface area contributed by atoms with Crippen molar-refractivity contribution in [1.82, 2.24) is 5.32 Å². The van der Waals surface area contributed by atoms with Gasteiger partial charge in [0.25, 0.3) is 11.6 Å². The van der Waals surface area contributed by atoms with E-state index in [4.69, 9.17) is 11.6 Å². The van der Waals surface area contributed by atoms with Crippen LogP contribution < -0.4 is 5.32 Å². The zero-order chi connectivity index (χ0) is 16.8. The van der Waals surface area contributed by atoms with Crippen molar-refractivity contribution in [3.8, 4) is 11.8 Å². The lowest BCUT2D eigenvalue weighted by atomic mass is 10.1. The Morgan fingerprint density at radius 2 is 2.00 bits per heavy atom. The standard InChI is InChI=1S/C17H13ClN2O3/c1-12-14(8-4-10-16(12)20(22)23)17(21)19-11-5-7-13-6-2-3-9-15(13)18/h2-4,6,8-10H,11H2,1H3,(H,19,21). The zero-order valence-electron chi connectivity index (χ0n) is 12.3. The van der Waals surface area contributed by atoms with Crippen LogP contribution in [0.15, 0.2) is 42.5 Å². The van der Waals surface area contributed by atoms with Crippen molar-refractivity contribution >= 4 is 23.2 Å². The Morgan fingerprint density at radius 3 is 2.70 bits per heavy atom. The van der Waals surface area contributed by atoms with E-state index in [1.807, 2.05) is 6.07 Å². The van der Waals surface area contributed by atoms with E-state index in [2.05, 4.69) is 17.2 Å². The zero-order valence-corrected chi connectivity index (χ0v) is 13.1. The van der Waals surface area contributed by atoms with Gasteiger partial charge in [0, 0.05) is 22.8 Å². The average molecular weight is 329 g/mol. The molecule has 0 spiro atoms. The van der Waals surface area contributed by atoms with Crippen LogP contribution >= 0.6 is 11.6 Å². The first-order valence-corrected chi connectivity index (χ1v) is 7.14. The van der Waals surface area contributed by atoms with E-state index in [0.717, 1.165) is 0 Å². The van der Waals surface area contributed by atoms with Crippen molar-refractivity contribution in [3.05, 3.63) is 74.3 Å². The van der Waals surface area contributed by atoms with Gasteiger partial charge in [0.2, 0.25) is 0 Å². The fourth-order valence-corrected chi connectivity index (χ4v) is 2.17. The third-order valence-electron chi connectivity index (χ3n) is 3.18. The molecule has 6 heteroatoms. The Kier molecular flexibility index (Phi) is 5.34. The van der Waals surface area contributed by atoms with Crippen molar-refractivity contribution < 1.29 is 9.72 Å². The van der Waals surface area contributed by atoms with E-state index in [1.165, 1.54) is 12.1 Å². The molecule has 0 aliphatic carbocycles. The quantitative estimate of drug-likeness (QED) is 0.533. The van der Waals surface area contributed by atoms with Gasteiger partial charge in [0.1, 0.15) is 0 Å². The summed E-state index contributed by atoms with van der Waals surface area (Å²) in [6.07, 6.45) is 0. The van der Waals surface area contributed by atoms with Gasteiger partial charge in [-0.15, -0.1) is 0 Å². The highest BCUT2D eigenvalue weighted by atomic mass is 35.5. The van der Waals surface area contributed by atoms with E-state index < -0.39 is 10.8 Å². The number of carbonyl (C=O) groups is 1. The summed E-state index contributed by atoms with van der Waals surface area (Å²) in [6, 6.07) is 11.5. The molecule has 23 heavy (non-hydrogen) atoms. The average Bonchev–Trinajstić information content (AvgIpc) is 2.52. The second-order valence-corrected chi connectivity index (χ2v) is 5.08. The summed E-state index contributed by atoms with van der Waals surface area (Å²) in [6.45, 7) is 1.66. The first-order valence-electron chi connectivity index (χ1n) is 6.76. The predicted octanol–water partition coefficient (Wildman–Crippen LogP) is 3.34. The van der Waals surface area contributed by atoms with Crippen LogP contribution in [0.4, 0.5) is 5.69 Å². The number of amides is 1. The Labute approximate surface area is 138 Å². The minimum absolute atomic E-state index is 0.0835. The summed E-state index contributed by atoms with van der Waals surface area (Å²) in [5, 5.41) is 14.0. The van der Waals surface area contributed by atoms with Crippen molar-refractivity contribution in [2.45, 2.75) is 6.92 Å². The number of hydrogen-bond acceptors (Lipinski definition) is 3. The Morgan fingerprint density at radius 1 is 1.26 bits per heavy atom. The van der Waals surface area contributed by atoms with Crippen LogP contribution in [0.3, 0.4) is 0 Å². The van der Waals surface area contributed by atoms with Gasteiger partial charge < -0.3 is 5.32 Å². The maximum absolute atomic E-state index is 12.1. The molecule has 0 saturated carbocycles. The monoisotopic (exact) mass is 328 g/mol. The molecule has 2 rings (SSSR count). The molecule has 1 N–H and O–H groups in total. The Balaban J connectivity index is 2.06. The number of nitro groups is 1. The summed E-state index contributed by atoms with van der Waals surface area (Å²) in [4.78, 5) is 22.5. The van der Waals surface area contributed by atoms with Crippen LogP contribution in [0.25, 0.3) is 0 Å². The number of carbonyl (C=O) groups excluding carboxylic acids is 1. The van der Waals surface area contributed by atoms with Crippen molar-refractivity contribution in [3.63, 3.8) is 0 Å². The molecular formula is C17H13ClN2O3. The maximum atomic E-state index is 12.1. The van der Waals surface area contributed by atoms with Crippen LogP contribution in [-0.2, 0) is 0 Å². The molecule has 0 saturated heterocycles. The Hall–Kier alpha value is -2.84. The summed E-state index contributed by atoms with van der Waals surface area (Å²) in [5.74, 6) is 5.26. The fourth-order valence-electron chi connectivity index (χ4n) is 1.99. The number of nitrogens with one attached hydrogen (secondary N) is 1.